The molecule has 1 unspecified atom stereocenters. The van der Waals surface area contributed by atoms with Crippen molar-refractivity contribution < 1.29 is 38.1 Å². The summed E-state index contributed by atoms with van der Waals surface area (Å²) in [5.41, 5.74) is 5.81. The minimum Gasteiger partial charge on any atom is -0.493 e. The van der Waals surface area contributed by atoms with Gasteiger partial charge in [0.2, 0.25) is 0 Å². The molecule has 1 aliphatic heterocycles. The molecule has 0 spiro atoms. The molecule has 0 aromatic heterocycles. The highest BCUT2D eigenvalue weighted by Gasteiger charge is 2.27. The lowest BCUT2D eigenvalue weighted by Gasteiger charge is -2.18. The van der Waals surface area contributed by atoms with E-state index in [9.17, 15) is 4.79 Å². The summed E-state index contributed by atoms with van der Waals surface area (Å²) in [6.45, 7) is 0. The summed E-state index contributed by atoms with van der Waals surface area (Å²) in [6.07, 6.45) is 5.40. The molecule has 3 aromatic rings. The molecule has 0 amide bonds. The highest BCUT2D eigenvalue weighted by Crippen LogP contribution is 2.42. The standard InChI is InChI=1S/C35H41NO8S2/c1-38-28-15-21-13-23-17-30(40-3)32(42-5)19-26(23)35(36-44-34(37)10-8-7-9-25-11-12-45-46-25)27-20-33(43-6)31(41-4)18-24(27)14-22(21)16-29(28)39-2/h15-20,25H,7-14H2,1-6H3. The van der Waals surface area contributed by atoms with E-state index in [1.54, 1.807) is 42.7 Å². The Morgan fingerprint density at radius 1 is 0.674 bits per heavy atom. The Balaban J connectivity index is 1.63. The summed E-state index contributed by atoms with van der Waals surface area (Å²) in [5, 5.41) is 5.25. The number of carbonyl (C=O) groups excluding carboxylic acids is 1. The normalized spacial score (nSPS) is 15.3. The summed E-state index contributed by atoms with van der Waals surface area (Å²) in [5.74, 6) is 4.29. The number of methoxy groups -OCH3 is 6. The van der Waals surface area contributed by atoms with Crippen LogP contribution in [-0.4, -0.2) is 65.3 Å². The molecule has 1 heterocycles. The lowest BCUT2D eigenvalue weighted by Crippen LogP contribution is -2.13. The number of unbranched alkanes of at least 4 members (excludes halogenated alkanes) is 1. The number of benzene rings is 3. The smallest absolute Gasteiger partial charge is 0.335 e. The van der Waals surface area contributed by atoms with E-state index in [-0.39, 0.29) is 5.97 Å². The fourth-order valence-electron chi connectivity index (χ4n) is 5.87. The second kappa shape index (κ2) is 15.7. The van der Waals surface area contributed by atoms with E-state index in [0.717, 1.165) is 52.6 Å². The van der Waals surface area contributed by atoms with Gasteiger partial charge in [-0.3, -0.25) is 0 Å². The van der Waals surface area contributed by atoms with Crippen LogP contribution >= 0.6 is 21.6 Å². The summed E-state index contributed by atoms with van der Waals surface area (Å²) in [7, 11) is 13.5. The average Bonchev–Trinajstić information content (AvgIpc) is 3.62. The van der Waals surface area contributed by atoms with Crippen molar-refractivity contribution in [2.45, 2.75) is 50.2 Å². The first kappa shape index (κ1) is 33.7. The molecule has 5 rings (SSSR count). The van der Waals surface area contributed by atoms with Gasteiger partial charge >= 0.3 is 5.97 Å². The minimum atomic E-state index is -0.373. The van der Waals surface area contributed by atoms with Crippen molar-refractivity contribution in [2.24, 2.45) is 5.16 Å². The van der Waals surface area contributed by atoms with Gasteiger partial charge in [-0.15, -0.1) is 0 Å². The van der Waals surface area contributed by atoms with Crippen LogP contribution in [0.4, 0.5) is 0 Å². The van der Waals surface area contributed by atoms with Crippen LogP contribution in [0.5, 0.6) is 34.5 Å². The molecular weight excluding hydrogens is 627 g/mol. The van der Waals surface area contributed by atoms with Crippen molar-refractivity contribution in [3.8, 4) is 34.5 Å². The minimum absolute atomic E-state index is 0.296. The number of ether oxygens (including phenoxy) is 6. The third-order valence-corrected chi connectivity index (χ3v) is 11.3. The number of nitrogens with zero attached hydrogens (tertiary/aromatic N) is 1. The number of hydrogen-bond acceptors (Lipinski definition) is 11. The summed E-state index contributed by atoms with van der Waals surface area (Å²) in [4.78, 5) is 18.7. The van der Waals surface area contributed by atoms with Crippen molar-refractivity contribution in [3.05, 3.63) is 69.8 Å². The Kier molecular flexibility index (Phi) is 11.5. The van der Waals surface area contributed by atoms with Crippen LogP contribution in [0.15, 0.2) is 41.6 Å². The molecule has 0 saturated carbocycles. The largest absolute Gasteiger partial charge is 0.493 e. The monoisotopic (exact) mass is 667 g/mol. The predicted octanol–water partition coefficient (Wildman–Crippen LogP) is 7.24. The van der Waals surface area contributed by atoms with Crippen molar-refractivity contribution >= 4 is 33.3 Å². The van der Waals surface area contributed by atoms with E-state index in [4.69, 9.17) is 33.3 Å². The molecule has 9 nitrogen and oxygen atoms in total. The van der Waals surface area contributed by atoms with Crippen molar-refractivity contribution in [3.63, 3.8) is 0 Å². The van der Waals surface area contributed by atoms with E-state index >= 15 is 0 Å². The van der Waals surface area contributed by atoms with Gasteiger partial charge in [0.15, 0.2) is 34.5 Å². The van der Waals surface area contributed by atoms with Crippen LogP contribution in [0.3, 0.4) is 0 Å². The van der Waals surface area contributed by atoms with Gasteiger partial charge in [-0.1, -0.05) is 33.2 Å². The molecule has 246 valence electrons. The molecular formula is C35H41NO8S2. The summed E-state index contributed by atoms with van der Waals surface area (Å²) < 4.78 is 34.2. The van der Waals surface area contributed by atoms with Crippen LogP contribution in [0, 0.1) is 0 Å². The lowest BCUT2D eigenvalue weighted by atomic mass is 9.92. The van der Waals surface area contributed by atoms with Crippen LogP contribution in [0.1, 0.15) is 65.5 Å². The van der Waals surface area contributed by atoms with Gasteiger partial charge in [-0.05, 0) is 90.8 Å². The third-order valence-electron chi connectivity index (χ3n) is 8.32. The van der Waals surface area contributed by atoms with Gasteiger partial charge in [0.05, 0.1) is 42.7 Å². The highest BCUT2D eigenvalue weighted by molar-refractivity contribution is 8.77. The fourth-order valence-corrected chi connectivity index (χ4v) is 8.90. The first-order chi connectivity index (χ1) is 22.4. The van der Waals surface area contributed by atoms with Crippen LogP contribution < -0.4 is 28.4 Å². The Hall–Kier alpha value is -3.70. The molecule has 11 heteroatoms. The zero-order valence-electron chi connectivity index (χ0n) is 27.2. The third kappa shape index (κ3) is 7.47. The Labute approximate surface area is 278 Å². The zero-order valence-corrected chi connectivity index (χ0v) is 28.9. The second-order valence-electron chi connectivity index (χ2n) is 11.0. The molecule has 1 fully saturated rings. The molecule has 0 bridgehead atoms. The Bertz CT molecular complexity index is 1490. The van der Waals surface area contributed by atoms with Crippen molar-refractivity contribution in [1.29, 1.82) is 0 Å². The average molecular weight is 668 g/mol. The summed E-state index contributed by atoms with van der Waals surface area (Å²) >= 11 is 0. The van der Waals surface area contributed by atoms with Gasteiger partial charge in [0.1, 0.15) is 5.71 Å². The van der Waals surface area contributed by atoms with Crippen molar-refractivity contribution in [2.75, 3.05) is 48.4 Å². The van der Waals surface area contributed by atoms with Gasteiger partial charge in [-0.2, -0.15) is 0 Å². The topological polar surface area (TPSA) is 94.0 Å². The van der Waals surface area contributed by atoms with Gasteiger partial charge in [0.25, 0.3) is 0 Å². The molecule has 0 radical (unpaired) electrons. The quantitative estimate of drug-likeness (QED) is 0.0666. The zero-order chi connectivity index (χ0) is 32.6. The molecule has 1 atom stereocenters. The van der Waals surface area contributed by atoms with Crippen LogP contribution in [0.2, 0.25) is 0 Å². The van der Waals surface area contributed by atoms with Gasteiger partial charge in [-0.25, -0.2) is 4.79 Å². The van der Waals surface area contributed by atoms with E-state index in [1.165, 1.54) is 12.2 Å². The Morgan fingerprint density at radius 2 is 1.13 bits per heavy atom. The molecule has 0 N–H and O–H groups in total. The molecule has 2 aliphatic rings. The molecule has 1 saturated heterocycles. The van der Waals surface area contributed by atoms with E-state index in [2.05, 4.69) is 5.16 Å². The molecule has 1 aliphatic carbocycles. The van der Waals surface area contributed by atoms with Crippen LogP contribution in [0.25, 0.3) is 0 Å². The first-order valence-electron chi connectivity index (χ1n) is 15.2. The van der Waals surface area contributed by atoms with Crippen molar-refractivity contribution in [1.82, 2.24) is 0 Å². The SMILES string of the molecule is COc1cc2c(cc1OC)Cc1cc(OC)c(OC)cc1C(=NOC(=O)CCCCC1CCSS1)c1cc(OC)c(OC)cc1C2. The summed E-state index contributed by atoms with van der Waals surface area (Å²) in [6, 6.07) is 11.6. The fraction of sp³-hybridized carbons (Fsp3) is 0.429. The number of hydrogen-bond donors (Lipinski definition) is 0. The molecule has 3 aromatic carbocycles. The lowest BCUT2D eigenvalue weighted by molar-refractivity contribution is -0.143. The maximum atomic E-state index is 13.0. The van der Waals surface area contributed by atoms with Gasteiger partial charge in [0, 0.05) is 28.6 Å². The van der Waals surface area contributed by atoms with E-state index in [0.29, 0.717) is 64.7 Å². The number of oxime groups is 1. The molecule has 46 heavy (non-hydrogen) atoms. The second-order valence-corrected chi connectivity index (χ2v) is 13.8. The first-order valence-corrected chi connectivity index (χ1v) is 17.6. The van der Waals surface area contributed by atoms with E-state index in [1.807, 2.05) is 58.0 Å². The Morgan fingerprint density at radius 3 is 1.57 bits per heavy atom. The van der Waals surface area contributed by atoms with Crippen LogP contribution in [-0.2, 0) is 22.5 Å². The maximum Gasteiger partial charge on any atom is 0.335 e. The number of rotatable bonds is 12. The maximum absolute atomic E-state index is 13.0. The predicted molar refractivity (Wildman–Crippen MR) is 183 cm³/mol. The van der Waals surface area contributed by atoms with E-state index < -0.39 is 0 Å². The highest BCUT2D eigenvalue weighted by atomic mass is 33.1. The number of fused-ring (bicyclic) bond motifs is 3. The number of carbonyl (C=O) groups is 1. The van der Waals surface area contributed by atoms with Gasteiger partial charge < -0.3 is 33.3 Å².